The van der Waals surface area contributed by atoms with Gasteiger partial charge in [-0.15, -0.1) is 0 Å². The van der Waals surface area contributed by atoms with Crippen LogP contribution in [0.1, 0.15) is 31.3 Å². The van der Waals surface area contributed by atoms with Gasteiger partial charge in [-0.2, -0.15) is 0 Å². The maximum absolute atomic E-state index is 9.33. The Bertz CT molecular complexity index is 581. The van der Waals surface area contributed by atoms with Gasteiger partial charge < -0.3 is 9.67 Å². The fraction of sp³-hybridized carbons (Fsp3) is 0.357. The molecule has 2 aromatic rings. The molecule has 0 radical (unpaired) electrons. The predicted molar refractivity (Wildman–Crippen MR) is 78.8 cm³/mol. The van der Waals surface area contributed by atoms with Crippen molar-refractivity contribution in [2.75, 3.05) is 0 Å². The van der Waals surface area contributed by atoms with E-state index < -0.39 is 0 Å². The van der Waals surface area contributed by atoms with Gasteiger partial charge in [-0.05, 0) is 24.1 Å². The number of aliphatic hydroxyl groups excluding tert-OH is 1. The molecule has 1 N–H and O–H groups in total. The Morgan fingerprint density at radius 2 is 2.16 bits per heavy atom. The second kappa shape index (κ2) is 5.99. The smallest absolute Gasteiger partial charge is 0.135 e. The van der Waals surface area contributed by atoms with Gasteiger partial charge >= 0.3 is 0 Å². The second-order valence-electron chi connectivity index (χ2n) is 4.65. The van der Waals surface area contributed by atoms with Crippen LogP contribution < -0.4 is 0 Å². The molecular weight excluding hydrogens is 280 g/mol. The Balaban J connectivity index is 2.41. The molecule has 1 aromatic heterocycles. The summed E-state index contributed by atoms with van der Waals surface area (Å²) in [5, 5.41) is 11.1. The van der Waals surface area contributed by atoms with Gasteiger partial charge in [0.2, 0.25) is 0 Å². The minimum Gasteiger partial charge on any atom is -0.388 e. The number of hydrogen-bond donors (Lipinski definition) is 1. The molecule has 0 aliphatic carbocycles. The molecule has 1 aromatic carbocycles. The van der Waals surface area contributed by atoms with Crippen molar-refractivity contribution >= 4 is 23.4 Å². The maximum atomic E-state index is 9.33. The minimum atomic E-state index is -0.0493. The first-order chi connectivity index (χ1) is 9.02. The van der Waals surface area contributed by atoms with Crippen molar-refractivity contribution < 1.29 is 5.11 Å². The summed E-state index contributed by atoms with van der Waals surface area (Å²) in [7, 11) is 1.93. The van der Waals surface area contributed by atoms with E-state index in [0.717, 1.165) is 20.6 Å². The zero-order valence-electron chi connectivity index (χ0n) is 11.2. The first-order valence-electron chi connectivity index (χ1n) is 6.12. The highest BCUT2D eigenvalue weighted by atomic mass is 35.5. The first kappa shape index (κ1) is 14.4. The molecule has 2 rings (SSSR count). The molecule has 0 aliphatic heterocycles. The Morgan fingerprint density at radius 1 is 1.42 bits per heavy atom. The molecule has 0 bridgehead atoms. The normalized spacial score (nSPS) is 11.3. The van der Waals surface area contributed by atoms with Gasteiger partial charge in [-0.3, -0.25) is 0 Å². The lowest BCUT2D eigenvalue weighted by atomic mass is 10.2. The Labute approximate surface area is 122 Å². The number of imidazole rings is 1. The summed E-state index contributed by atoms with van der Waals surface area (Å²) in [6.07, 6.45) is 0. The fourth-order valence-corrected chi connectivity index (χ4v) is 3.27. The Morgan fingerprint density at radius 3 is 2.74 bits per heavy atom. The molecule has 0 aliphatic rings. The molecule has 0 amide bonds. The van der Waals surface area contributed by atoms with E-state index in [9.17, 15) is 5.11 Å². The van der Waals surface area contributed by atoms with E-state index >= 15 is 0 Å². The van der Waals surface area contributed by atoms with Crippen molar-refractivity contribution in [3.05, 3.63) is 40.8 Å². The van der Waals surface area contributed by atoms with Crippen molar-refractivity contribution in [2.24, 2.45) is 7.05 Å². The third-order valence-corrected chi connectivity index (χ3v) is 4.26. The third-order valence-electron chi connectivity index (χ3n) is 2.86. The lowest BCUT2D eigenvalue weighted by molar-refractivity contribution is 0.266. The summed E-state index contributed by atoms with van der Waals surface area (Å²) in [4.78, 5) is 5.58. The molecule has 3 nitrogen and oxygen atoms in total. The first-order valence-corrected chi connectivity index (χ1v) is 7.32. The van der Waals surface area contributed by atoms with Crippen LogP contribution in [-0.4, -0.2) is 14.7 Å². The van der Waals surface area contributed by atoms with Crippen LogP contribution in [-0.2, 0) is 13.7 Å². The zero-order chi connectivity index (χ0) is 14.0. The highest BCUT2D eigenvalue weighted by Gasteiger charge is 2.17. The minimum absolute atomic E-state index is 0.0493. The van der Waals surface area contributed by atoms with Gasteiger partial charge in [-0.25, -0.2) is 4.98 Å². The van der Waals surface area contributed by atoms with Crippen LogP contribution in [0, 0.1) is 0 Å². The molecule has 0 atom stereocenters. The molecule has 5 heteroatoms. The van der Waals surface area contributed by atoms with E-state index in [1.54, 1.807) is 11.8 Å². The quantitative estimate of drug-likeness (QED) is 0.931. The summed E-state index contributed by atoms with van der Waals surface area (Å²) < 4.78 is 1.95. The average molecular weight is 297 g/mol. The number of rotatable bonds is 4. The zero-order valence-corrected chi connectivity index (χ0v) is 12.8. The van der Waals surface area contributed by atoms with Crippen LogP contribution in [0.2, 0.25) is 5.02 Å². The van der Waals surface area contributed by atoms with E-state index in [-0.39, 0.29) is 6.61 Å². The lowest BCUT2D eigenvalue weighted by Crippen LogP contribution is -1.98. The molecular formula is C14H17ClN2OS. The van der Waals surface area contributed by atoms with Crippen LogP contribution in [0.15, 0.2) is 34.2 Å². The summed E-state index contributed by atoms with van der Waals surface area (Å²) in [5.41, 5.74) is 1.01. The third kappa shape index (κ3) is 3.14. The number of halogens is 1. The van der Waals surface area contributed by atoms with E-state index in [1.807, 2.05) is 35.9 Å². The summed E-state index contributed by atoms with van der Waals surface area (Å²) in [6.45, 7) is 4.16. The van der Waals surface area contributed by atoms with Crippen LogP contribution in [0.25, 0.3) is 0 Å². The molecule has 102 valence electrons. The van der Waals surface area contributed by atoms with Crippen molar-refractivity contribution in [1.29, 1.82) is 0 Å². The standard InChI is InChI=1S/C14H17ClN2OS/c1-9(2)13-14(17(3)12(8-18)16-13)19-11-6-4-5-10(15)7-11/h4-7,9,18H,8H2,1-3H3. The van der Waals surface area contributed by atoms with E-state index in [1.165, 1.54) is 0 Å². The van der Waals surface area contributed by atoms with Gasteiger partial charge in [0.1, 0.15) is 17.5 Å². The van der Waals surface area contributed by atoms with E-state index in [0.29, 0.717) is 11.7 Å². The van der Waals surface area contributed by atoms with Gasteiger partial charge in [0.15, 0.2) is 0 Å². The van der Waals surface area contributed by atoms with E-state index in [4.69, 9.17) is 11.6 Å². The highest BCUT2D eigenvalue weighted by molar-refractivity contribution is 7.99. The Hall–Kier alpha value is -0.970. The molecule has 19 heavy (non-hydrogen) atoms. The molecule has 1 heterocycles. The van der Waals surface area contributed by atoms with Gasteiger partial charge in [0.25, 0.3) is 0 Å². The molecule has 0 saturated carbocycles. The average Bonchev–Trinajstić information content (AvgIpc) is 2.67. The second-order valence-corrected chi connectivity index (χ2v) is 6.15. The Kier molecular flexibility index (Phi) is 4.55. The SMILES string of the molecule is CC(C)c1nc(CO)n(C)c1Sc1cccc(Cl)c1. The summed E-state index contributed by atoms with van der Waals surface area (Å²) >= 11 is 7.63. The van der Waals surface area contributed by atoms with Crippen LogP contribution >= 0.6 is 23.4 Å². The number of benzene rings is 1. The molecule has 0 spiro atoms. The number of hydrogen-bond acceptors (Lipinski definition) is 3. The highest BCUT2D eigenvalue weighted by Crippen LogP contribution is 2.35. The monoisotopic (exact) mass is 296 g/mol. The number of aliphatic hydroxyl groups is 1. The van der Waals surface area contributed by atoms with Crippen molar-refractivity contribution in [3.8, 4) is 0 Å². The van der Waals surface area contributed by atoms with Crippen LogP contribution in [0.5, 0.6) is 0 Å². The topological polar surface area (TPSA) is 38.1 Å². The van der Waals surface area contributed by atoms with Crippen molar-refractivity contribution in [2.45, 2.75) is 36.3 Å². The largest absolute Gasteiger partial charge is 0.388 e. The van der Waals surface area contributed by atoms with Crippen LogP contribution in [0.3, 0.4) is 0 Å². The summed E-state index contributed by atoms with van der Waals surface area (Å²) in [5.74, 6) is 1.00. The lowest BCUT2D eigenvalue weighted by Gasteiger charge is -2.08. The molecule has 0 fully saturated rings. The van der Waals surface area contributed by atoms with Gasteiger partial charge in [-0.1, -0.05) is 43.3 Å². The fourth-order valence-electron chi connectivity index (χ4n) is 1.83. The van der Waals surface area contributed by atoms with Crippen molar-refractivity contribution in [1.82, 2.24) is 9.55 Å². The molecule has 0 saturated heterocycles. The van der Waals surface area contributed by atoms with Gasteiger partial charge in [0, 0.05) is 17.0 Å². The van der Waals surface area contributed by atoms with Crippen LogP contribution in [0.4, 0.5) is 0 Å². The van der Waals surface area contributed by atoms with Gasteiger partial charge in [0.05, 0.1) is 5.69 Å². The summed E-state index contributed by atoms with van der Waals surface area (Å²) in [6, 6.07) is 7.74. The van der Waals surface area contributed by atoms with E-state index in [2.05, 4.69) is 18.8 Å². The molecule has 0 unspecified atom stereocenters. The number of nitrogens with zero attached hydrogens (tertiary/aromatic N) is 2. The van der Waals surface area contributed by atoms with Crippen molar-refractivity contribution in [3.63, 3.8) is 0 Å². The number of aromatic nitrogens is 2. The predicted octanol–water partition coefficient (Wildman–Crippen LogP) is 3.84. The maximum Gasteiger partial charge on any atom is 0.135 e.